The first-order valence-corrected chi connectivity index (χ1v) is 6.98. The number of fused-ring (bicyclic) bond motifs is 1. The van der Waals surface area contributed by atoms with Crippen LogP contribution in [-0.2, 0) is 0 Å². The van der Waals surface area contributed by atoms with E-state index in [9.17, 15) is 9.90 Å². The number of phenolic OH excluding ortho intramolecular Hbond substituents is 1. The maximum atomic E-state index is 12.5. The van der Waals surface area contributed by atoms with Gasteiger partial charge in [-0.15, -0.1) is 0 Å². The second-order valence-corrected chi connectivity index (χ2v) is 5.55. The fourth-order valence-electron chi connectivity index (χ4n) is 3.18. The van der Waals surface area contributed by atoms with Crippen LogP contribution in [0, 0.1) is 6.92 Å². The van der Waals surface area contributed by atoms with E-state index >= 15 is 0 Å². The van der Waals surface area contributed by atoms with Crippen LogP contribution in [0.15, 0.2) is 18.2 Å². The maximum absolute atomic E-state index is 12.5. The van der Waals surface area contributed by atoms with Crippen LogP contribution >= 0.6 is 0 Å². The number of hydrogen-bond donors (Lipinski definition) is 1. The number of carbonyl (C=O) groups excluding carboxylic acids is 1. The highest BCUT2D eigenvalue weighted by Gasteiger charge is 2.33. The van der Waals surface area contributed by atoms with Gasteiger partial charge in [0.15, 0.2) is 0 Å². The predicted molar refractivity (Wildman–Crippen MR) is 73.3 cm³/mol. The van der Waals surface area contributed by atoms with Gasteiger partial charge in [0.2, 0.25) is 0 Å². The minimum atomic E-state index is -0.0345. The number of hydrogen-bond acceptors (Lipinski definition) is 3. The zero-order chi connectivity index (χ0) is 13.4. The third-order valence-corrected chi connectivity index (χ3v) is 4.34. The molecule has 0 bridgehead atoms. The number of aryl methyl sites for hydroxylation is 1. The van der Waals surface area contributed by atoms with Crippen molar-refractivity contribution in [3.05, 3.63) is 29.3 Å². The molecule has 0 spiro atoms. The van der Waals surface area contributed by atoms with Crippen molar-refractivity contribution in [3.63, 3.8) is 0 Å². The van der Waals surface area contributed by atoms with Gasteiger partial charge in [-0.25, -0.2) is 0 Å². The zero-order valence-electron chi connectivity index (χ0n) is 11.3. The second-order valence-electron chi connectivity index (χ2n) is 5.55. The lowest BCUT2D eigenvalue weighted by molar-refractivity contribution is 0.0568. The molecular formula is C15H20N2O2. The van der Waals surface area contributed by atoms with Crippen molar-refractivity contribution in [1.82, 2.24) is 9.80 Å². The molecule has 2 aliphatic heterocycles. The fraction of sp³-hybridized carbons (Fsp3) is 0.533. The van der Waals surface area contributed by atoms with Gasteiger partial charge in [0.25, 0.3) is 5.91 Å². The minimum absolute atomic E-state index is 0.0345. The minimum Gasteiger partial charge on any atom is -0.507 e. The molecule has 1 aromatic rings. The van der Waals surface area contributed by atoms with E-state index in [1.807, 2.05) is 24.0 Å². The van der Waals surface area contributed by atoms with Gasteiger partial charge in [0.1, 0.15) is 5.75 Å². The van der Waals surface area contributed by atoms with Gasteiger partial charge in [0.05, 0.1) is 5.56 Å². The predicted octanol–water partition coefficient (Wildman–Crippen LogP) is 1.62. The number of nitrogens with zero attached hydrogens (tertiary/aromatic N) is 2. The van der Waals surface area contributed by atoms with Crippen LogP contribution in [-0.4, -0.2) is 53.0 Å². The summed E-state index contributed by atoms with van der Waals surface area (Å²) in [5, 5.41) is 10.0. The summed E-state index contributed by atoms with van der Waals surface area (Å²) in [7, 11) is 0. The van der Waals surface area contributed by atoms with Crippen molar-refractivity contribution < 1.29 is 9.90 Å². The molecule has 1 aromatic carbocycles. The van der Waals surface area contributed by atoms with E-state index in [4.69, 9.17) is 0 Å². The van der Waals surface area contributed by atoms with E-state index in [0.29, 0.717) is 11.6 Å². The Morgan fingerprint density at radius 1 is 1.32 bits per heavy atom. The summed E-state index contributed by atoms with van der Waals surface area (Å²) in [5.74, 6) is 0.0918. The summed E-state index contributed by atoms with van der Waals surface area (Å²) in [4.78, 5) is 16.9. The third-order valence-electron chi connectivity index (χ3n) is 4.34. The number of piperazine rings is 1. The van der Waals surface area contributed by atoms with Crippen molar-refractivity contribution in [2.75, 3.05) is 26.2 Å². The molecule has 0 aliphatic carbocycles. The highest BCUT2D eigenvalue weighted by atomic mass is 16.3. The zero-order valence-corrected chi connectivity index (χ0v) is 11.3. The van der Waals surface area contributed by atoms with E-state index < -0.39 is 0 Å². The van der Waals surface area contributed by atoms with E-state index in [0.717, 1.165) is 25.2 Å². The van der Waals surface area contributed by atoms with Gasteiger partial charge >= 0.3 is 0 Å². The number of para-hydroxylation sites is 1. The summed E-state index contributed by atoms with van der Waals surface area (Å²) >= 11 is 0. The Kier molecular flexibility index (Phi) is 3.19. The van der Waals surface area contributed by atoms with Crippen LogP contribution in [0.1, 0.15) is 28.8 Å². The number of amides is 1. The molecule has 2 heterocycles. The average molecular weight is 260 g/mol. The molecule has 0 saturated carbocycles. The Labute approximate surface area is 113 Å². The van der Waals surface area contributed by atoms with Crippen LogP contribution < -0.4 is 0 Å². The molecule has 1 amide bonds. The first kappa shape index (κ1) is 12.5. The molecule has 4 nitrogen and oxygen atoms in total. The Balaban J connectivity index is 1.79. The number of phenols is 1. The summed E-state index contributed by atoms with van der Waals surface area (Å²) in [5.41, 5.74) is 1.19. The number of carbonyl (C=O) groups is 1. The molecule has 0 radical (unpaired) electrons. The topological polar surface area (TPSA) is 43.8 Å². The van der Waals surface area contributed by atoms with Gasteiger partial charge in [-0.1, -0.05) is 12.1 Å². The van der Waals surface area contributed by atoms with Crippen molar-refractivity contribution in [3.8, 4) is 5.75 Å². The molecule has 4 heteroatoms. The number of rotatable bonds is 1. The first-order valence-electron chi connectivity index (χ1n) is 6.98. The van der Waals surface area contributed by atoms with Gasteiger partial charge in [-0.05, 0) is 37.9 Å². The molecule has 1 N–H and O–H groups in total. The summed E-state index contributed by atoms with van der Waals surface area (Å²) in [6, 6.07) is 5.88. The van der Waals surface area contributed by atoms with E-state index in [-0.39, 0.29) is 11.7 Å². The largest absolute Gasteiger partial charge is 0.507 e. The van der Waals surface area contributed by atoms with Crippen LogP contribution in [0.4, 0.5) is 0 Å². The summed E-state index contributed by atoms with van der Waals surface area (Å²) < 4.78 is 0. The van der Waals surface area contributed by atoms with Gasteiger partial charge in [-0.2, -0.15) is 0 Å². The first-order chi connectivity index (χ1) is 9.16. The quantitative estimate of drug-likeness (QED) is 0.834. The Hall–Kier alpha value is -1.55. The Morgan fingerprint density at radius 2 is 2.16 bits per heavy atom. The second kappa shape index (κ2) is 4.85. The van der Waals surface area contributed by atoms with E-state index in [2.05, 4.69) is 4.90 Å². The van der Waals surface area contributed by atoms with Gasteiger partial charge in [0, 0.05) is 25.7 Å². The molecule has 0 unspecified atom stereocenters. The van der Waals surface area contributed by atoms with Crippen LogP contribution in [0.2, 0.25) is 0 Å². The lowest BCUT2D eigenvalue weighted by Gasteiger charge is -2.37. The summed E-state index contributed by atoms with van der Waals surface area (Å²) in [6.07, 6.45) is 2.42. The molecule has 2 aliphatic rings. The lowest BCUT2D eigenvalue weighted by Crippen LogP contribution is -2.52. The molecule has 19 heavy (non-hydrogen) atoms. The van der Waals surface area contributed by atoms with Crippen LogP contribution in [0.3, 0.4) is 0 Å². The van der Waals surface area contributed by atoms with Crippen molar-refractivity contribution in [1.29, 1.82) is 0 Å². The SMILES string of the molecule is Cc1cccc(C(=O)N2CCN3CCC[C@H]3C2)c1O. The fourth-order valence-corrected chi connectivity index (χ4v) is 3.18. The van der Waals surface area contributed by atoms with E-state index in [1.165, 1.54) is 19.4 Å². The molecule has 1 atom stereocenters. The molecule has 2 saturated heterocycles. The van der Waals surface area contributed by atoms with Gasteiger partial charge < -0.3 is 10.0 Å². The van der Waals surface area contributed by atoms with Crippen molar-refractivity contribution in [2.24, 2.45) is 0 Å². The number of aromatic hydroxyl groups is 1. The molecule has 3 rings (SSSR count). The molecule has 2 fully saturated rings. The molecular weight excluding hydrogens is 240 g/mol. The van der Waals surface area contributed by atoms with Crippen LogP contribution in [0.25, 0.3) is 0 Å². The maximum Gasteiger partial charge on any atom is 0.257 e. The van der Waals surface area contributed by atoms with Crippen molar-refractivity contribution in [2.45, 2.75) is 25.8 Å². The van der Waals surface area contributed by atoms with Crippen LogP contribution in [0.5, 0.6) is 5.75 Å². The Morgan fingerprint density at radius 3 is 3.00 bits per heavy atom. The van der Waals surface area contributed by atoms with Crippen molar-refractivity contribution >= 4 is 5.91 Å². The average Bonchev–Trinajstić information content (AvgIpc) is 2.88. The Bertz CT molecular complexity index is 501. The molecule has 0 aromatic heterocycles. The monoisotopic (exact) mass is 260 g/mol. The van der Waals surface area contributed by atoms with Gasteiger partial charge in [-0.3, -0.25) is 9.69 Å². The normalized spacial score (nSPS) is 23.4. The smallest absolute Gasteiger partial charge is 0.257 e. The standard InChI is InChI=1S/C15H20N2O2/c1-11-4-2-6-13(14(11)18)15(19)17-9-8-16-7-3-5-12(16)10-17/h2,4,6,12,18H,3,5,7-10H2,1H3/t12-/m0/s1. The highest BCUT2D eigenvalue weighted by molar-refractivity contribution is 5.97. The third kappa shape index (κ3) is 2.21. The summed E-state index contributed by atoms with van der Waals surface area (Å²) in [6.45, 7) is 5.52. The van der Waals surface area contributed by atoms with E-state index in [1.54, 1.807) is 6.07 Å². The lowest BCUT2D eigenvalue weighted by atomic mass is 10.1. The highest BCUT2D eigenvalue weighted by Crippen LogP contribution is 2.26. The molecule has 102 valence electrons. The number of benzene rings is 1.